The smallest absolute Gasteiger partial charge is 0.217 e. The van der Waals surface area contributed by atoms with E-state index < -0.39 is 0 Å². The fraction of sp³-hybridized carbons (Fsp3) is 0.900. The molecule has 0 aliphatic heterocycles. The molecule has 1 fully saturated rings. The van der Waals surface area contributed by atoms with E-state index in [0.717, 1.165) is 5.92 Å². The molecule has 1 atom stereocenters. The molecule has 2 nitrogen and oxygen atoms in total. The highest BCUT2D eigenvalue weighted by Crippen LogP contribution is 2.29. The van der Waals surface area contributed by atoms with Crippen molar-refractivity contribution in [1.29, 1.82) is 0 Å². The SMILES string of the molecule is CC.CC(=O)NC(C)C1CCC1. The fourth-order valence-electron chi connectivity index (χ4n) is 1.38. The van der Waals surface area contributed by atoms with Crippen LogP contribution in [-0.4, -0.2) is 11.9 Å². The van der Waals surface area contributed by atoms with Gasteiger partial charge in [0.1, 0.15) is 0 Å². The van der Waals surface area contributed by atoms with Crippen molar-refractivity contribution >= 4 is 5.91 Å². The summed E-state index contributed by atoms with van der Waals surface area (Å²) < 4.78 is 0. The van der Waals surface area contributed by atoms with Gasteiger partial charge in [0.05, 0.1) is 0 Å². The molecule has 0 heterocycles. The highest BCUT2D eigenvalue weighted by molar-refractivity contribution is 5.73. The molecule has 2 heteroatoms. The van der Waals surface area contributed by atoms with Crippen LogP contribution < -0.4 is 5.32 Å². The molecule has 72 valence electrons. The summed E-state index contributed by atoms with van der Waals surface area (Å²) in [5.74, 6) is 0.850. The van der Waals surface area contributed by atoms with Crippen molar-refractivity contribution in [2.24, 2.45) is 5.92 Å². The summed E-state index contributed by atoms with van der Waals surface area (Å²) in [6.07, 6.45) is 3.93. The monoisotopic (exact) mass is 171 g/mol. The molecule has 1 N–H and O–H groups in total. The quantitative estimate of drug-likeness (QED) is 0.679. The fourth-order valence-corrected chi connectivity index (χ4v) is 1.38. The van der Waals surface area contributed by atoms with Crippen molar-refractivity contribution in [1.82, 2.24) is 5.32 Å². The number of hydrogen-bond acceptors (Lipinski definition) is 1. The lowest BCUT2D eigenvalue weighted by Crippen LogP contribution is -2.39. The summed E-state index contributed by atoms with van der Waals surface area (Å²) in [5.41, 5.74) is 0. The third-order valence-electron chi connectivity index (χ3n) is 2.29. The zero-order chi connectivity index (χ0) is 9.56. The van der Waals surface area contributed by atoms with Crippen molar-refractivity contribution in [2.75, 3.05) is 0 Å². The summed E-state index contributed by atoms with van der Waals surface area (Å²) in [6, 6.07) is 0.395. The minimum Gasteiger partial charge on any atom is -0.354 e. The van der Waals surface area contributed by atoms with Crippen molar-refractivity contribution < 1.29 is 4.79 Å². The Kier molecular flexibility index (Phi) is 5.77. The van der Waals surface area contributed by atoms with E-state index in [0.29, 0.717) is 6.04 Å². The number of carbonyl (C=O) groups is 1. The van der Waals surface area contributed by atoms with Gasteiger partial charge in [0.15, 0.2) is 0 Å². The van der Waals surface area contributed by atoms with E-state index in [4.69, 9.17) is 0 Å². The van der Waals surface area contributed by atoms with Gasteiger partial charge >= 0.3 is 0 Å². The van der Waals surface area contributed by atoms with Crippen LogP contribution in [0.2, 0.25) is 0 Å². The second kappa shape index (κ2) is 6.04. The standard InChI is InChI=1S/C8H15NO.C2H6/c1-6(9-7(2)10)8-4-3-5-8;1-2/h6,8H,3-5H2,1-2H3,(H,9,10);1-2H3. The molecule has 0 aromatic heterocycles. The Morgan fingerprint density at radius 2 is 1.92 bits per heavy atom. The molecule has 1 rings (SSSR count). The molecular weight excluding hydrogens is 150 g/mol. The first-order chi connectivity index (χ1) is 5.70. The van der Waals surface area contributed by atoms with E-state index in [1.54, 1.807) is 6.92 Å². The first-order valence-electron chi connectivity index (χ1n) is 4.97. The molecular formula is C10H21NO. The minimum absolute atomic E-state index is 0.0967. The predicted octanol–water partition coefficient (Wildman–Crippen LogP) is 2.34. The molecule has 0 spiro atoms. The second-order valence-electron chi connectivity index (χ2n) is 3.18. The van der Waals surface area contributed by atoms with E-state index in [1.165, 1.54) is 19.3 Å². The normalized spacial score (nSPS) is 18.3. The number of nitrogens with one attached hydrogen (secondary N) is 1. The van der Waals surface area contributed by atoms with Crippen LogP contribution in [0.4, 0.5) is 0 Å². The Morgan fingerprint density at radius 1 is 1.42 bits per heavy atom. The molecule has 0 aromatic carbocycles. The van der Waals surface area contributed by atoms with Gasteiger partial charge in [-0.1, -0.05) is 20.3 Å². The topological polar surface area (TPSA) is 29.1 Å². The van der Waals surface area contributed by atoms with Crippen LogP contribution in [0.5, 0.6) is 0 Å². The Labute approximate surface area is 75.7 Å². The number of amides is 1. The maximum absolute atomic E-state index is 10.6. The second-order valence-corrected chi connectivity index (χ2v) is 3.18. The average Bonchev–Trinajstić information content (AvgIpc) is 1.85. The van der Waals surface area contributed by atoms with Gasteiger partial charge in [-0.05, 0) is 25.7 Å². The van der Waals surface area contributed by atoms with Crippen LogP contribution in [0.15, 0.2) is 0 Å². The first kappa shape index (κ1) is 11.5. The van der Waals surface area contributed by atoms with Gasteiger partial charge in [0.2, 0.25) is 5.91 Å². The number of hydrogen-bond donors (Lipinski definition) is 1. The molecule has 0 bridgehead atoms. The van der Waals surface area contributed by atoms with Crippen LogP contribution in [0, 0.1) is 5.92 Å². The summed E-state index contributed by atoms with van der Waals surface area (Å²) in [4.78, 5) is 10.6. The van der Waals surface area contributed by atoms with Gasteiger partial charge < -0.3 is 5.32 Å². The van der Waals surface area contributed by atoms with E-state index in [-0.39, 0.29) is 5.91 Å². The van der Waals surface area contributed by atoms with Crippen molar-refractivity contribution in [3.05, 3.63) is 0 Å². The van der Waals surface area contributed by atoms with Gasteiger partial charge in [-0.25, -0.2) is 0 Å². The Balaban J connectivity index is 0.000000561. The summed E-state index contributed by atoms with van der Waals surface area (Å²) in [7, 11) is 0. The van der Waals surface area contributed by atoms with Crippen molar-refractivity contribution in [3.63, 3.8) is 0 Å². The Hall–Kier alpha value is -0.530. The lowest BCUT2D eigenvalue weighted by molar-refractivity contribution is -0.120. The lowest BCUT2D eigenvalue weighted by Gasteiger charge is -2.31. The van der Waals surface area contributed by atoms with E-state index >= 15 is 0 Å². The average molecular weight is 171 g/mol. The third kappa shape index (κ3) is 3.74. The molecule has 1 amide bonds. The molecule has 12 heavy (non-hydrogen) atoms. The van der Waals surface area contributed by atoms with Gasteiger partial charge in [-0.15, -0.1) is 0 Å². The zero-order valence-electron chi connectivity index (χ0n) is 8.68. The maximum Gasteiger partial charge on any atom is 0.217 e. The van der Waals surface area contributed by atoms with Crippen LogP contribution in [0.1, 0.15) is 47.0 Å². The summed E-state index contributed by atoms with van der Waals surface area (Å²) in [6.45, 7) is 7.67. The van der Waals surface area contributed by atoms with Crippen molar-refractivity contribution in [2.45, 2.75) is 53.0 Å². The van der Waals surface area contributed by atoms with E-state index in [9.17, 15) is 4.79 Å². The van der Waals surface area contributed by atoms with Crippen molar-refractivity contribution in [3.8, 4) is 0 Å². The maximum atomic E-state index is 10.6. The molecule has 0 saturated heterocycles. The summed E-state index contributed by atoms with van der Waals surface area (Å²) in [5, 5.41) is 2.91. The molecule has 1 saturated carbocycles. The predicted molar refractivity (Wildman–Crippen MR) is 52.0 cm³/mol. The van der Waals surface area contributed by atoms with Crippen LogP contribution in [0.3, 0.4) is 0 Å². The van der Waals surface area contributed by atoms with Gasteiger partial charge in [0, 0.05) is 13.0 Å². The Morgan fingerprint density at radius 3 is 2.17 bits per heavy atom. The minimum atomic E-state index is 0.0967. The van der Waals surface area contributed by atoms with Crippen LogP contribution in [0.25, 0.3) is 0 Å². The molecule has 1 aliphatic rings. The molecule has 0 radical (unpaired) electrons. The third-order valence-corrected chi connectivity index (χ3v) is 2.29. The lowest BCUT2D eigenvalue weighted by atomic mass is 9.80. The first-order valence-corrected chi connectivity index (χ1v) is 4.97. The van der Waals surface area contributed by atoms with Gasteiger partial charge in [0.25, 0.3) is 0 Å². The largest absolute Gasteiger partial charge is 0.354 e. The molecule has 1 unspecified atom stereocenters. The van der Waals surface area contributed by atoms with E-state index in [2.05, 4.69) is 12.2 Å². The van der Waals surface area contributed by atoms with Crippen LogP contribution >= 0.6 is 0 Å². The van der Waals surface area contributed by atoms with E-state index in [1.807, 2.05) is 13.8 Å². The van der Waals surface area contributed by atoms with Crippen LogP contribution in [-0.2, 0) is 4.79 Å². The highest BCUT2D eigenvalue weighted by atomic mass is 16.1. The molecule has 0 aromatic rings. The number of carbonyl (C=O) groups excluding carboxylic acids is 1. The summed E-state index contributed by atoms with van der Waals surface area (Å²) >= 11 is 0. The van der Waals surface area contributed by atoms with Gasteiger partial charge in [-0.2, -0.15) is 0 Å². The zero-order valence-corrected chi connectivity index (χ0v) is 8.68. The van der Waals surface area contributed by atoms with Gasteiger partial charge in [-0.3, -0.25) is 4.79 Å². The Bertz CT molecular complexity index is 130. The molecule has 1 aliphatic carbocycles. The number of rotatable bonds is 2. The highest BCUT2D eigenvalue weighted by Gasteiger charge is 2.23.